The summed E-state index contributed by atoms with van der Waals surface area (Å²) in [7, 11) is 0. The van der Waals surface area contributed by atoms with E-state index >= 15 is 0 Å². The summed E-state index contributed by atoms with van der Waals surface area (Å²) in [5.41, 5.74) is 2.47. The van der Waals surface area contributed by atoms with Crippen LogP contribution in [0, 0.1) is 5.92 Å². The third-order valence-corrected chi connectivity index (χ3v) is 3.69. The van der Waals surface area contributed by atoms with E-state index in [2.05, 4.69) is 10.3 Å². The lowest BCUT2D eigenvalue weighted by Gasteiger charge is -2.11. The third kappa shape index (κ3) is 2.63. The Morgan fingerprint density at radius 3 is 2.38 bits per heavy atom. The van der Waals surface area contributed by atoms with Crippen LogP contribution in [0.3, 0.4) is 0 Å². The lowest BCUT2D eigenvalue weighted by molar-refractivity contribution is -0.119. The zero-order valence-electron chi connectivity index (χ0n) is 11.2. The van der Waals surface area contributed by atoms with Gasteiger partial charge in [-0.25, -0.2) is 9.78 Å². The second-order valence-electron chi connectivity index (χ2n) is 5.07. The van der Waals surface area contributed by atoms with Gasteiger partial charge in [0.05, 0.1) is 5.69 Å². The van der Waals surface area contributed by atoms with E-state index in [0.717, 1.165) is 0 Å². The molecule has 1 aliphatic carbocycles. The fourth-order valence-corrected chi connectivity index (χ4v) is 2.66. The Morgan fingerprint density at radius 1 is 1.10 bits per heavy atom. The van der Waals surface area contributed by atoms with Crippen molar-refractivity contribution in [1.82, 2.24) is 4.98 Å². The maximum absolute atomic E-state index is 12.3. The van der Waals surface area contributed by atoms with E-state index in [4.69, 9.17) is 5.11 Å². The first-order valence-corrected chi connectivity index (χ1v) is 6.71. The highest BCUT2D eigenvalue weighted by Crippen LogP contribution is 2.27. The van der Waals surface area contributed by atoms with Crippen LogP contribution < -0.4 is 5.32 Å². The molecule has 1 amide bonds. The first-order valence-electron chi connectivity index (χ1n) is 6.71. The Hall–Kier alpha value is -2.69. The van der Waals surface area contributed by atoms with Crippen LogP contribution >= 0.6 is 0 Å². The van der Waals surface area contributed by atoms with Gasteiger partial charge in [0, 0.05) is 12.1 Å². The summed E-state index contributed by atoms with van der Waals surface area (Å²) in [6.45, 7) is 0. The number of hydrogen-bond acceptors (Lipinski definition) is 3. The van der Waals surface area contributed by atoms with Crippen molar-refractivity contribution in [2.24, 2.45) is 5.92 Å². The Morgan fingerprint density at radius 2 is 1.76 bits per heavy atom. The number of fused-ring (bicyclic) bond motifs is 1. The van der Waals surface area contributed by atoms with Gasteiger partial charge in [-0.05, 0) is 36.1 Å². The van der Waals surface area contributed by atoms with Gasteiger partial charge in [-0.3, -0.25) is 4.79 Å². The van der Waals surface area contributed by atoms with Crippen molar-refractivity contribution >= 4 is 17.6 Å². The highest BCUT2D eigenvalue weighted by Gasteiger charge is 2.27. The van der Waals surface area contributed by atoms with E-state index < -0.39 is 5.97 Å². The van der Waals surface area contributed by atoms with Gasteiger partial charge in [-0.1, -0.05) is 24.3 Å². The van der Waals surface area contributed by atoms with E-state index in [1.54, 1.807) is 12.1 Å². The van der Waals surface area contributed by atoms with Crippen molar-refractivity contribution in [3.8, 4) is 0 Å². The van der Waals surface area contributed by atoms with E-state index in [-0.39, 0.29) is 23.2 Å². The van der Waals surface area contributed by atoms with E-state index in [1.165, 1.54) is 17.3 Å². The number of carbonyl (C=O) groups excluding carboxylic acids is 1. The Labute approximate surface area is 121 Å². The minimum absolute atomic E-state index is 0.138. The molecule has 1 heterocycles. The minimum Gasteiger partial charge on any atom is -0.476 e. The minimum atomic E-state index is -1.15. The molecule has 0 spiro atoms. The molecule has 0 unspecified atom stereocenters. The molecule has 0 radical (unpaired) electrons. The predicted molar refractivity (Wildman–Crippen MR) is 77.2 cm³/mol. The molecule has 0 saturated heterocycles. The number of amides is 1. The number of carbonyl (C=O) groups is 2. The lowest BCUT2D eigenvalue weighted by Crippen LogP contribution is -2.24. The van der Waals surface area contributed by atoms with Crippen LogP contribution in [-0.2, 0) is 17.6 Å². The molecule has 0 fully saturated rings. The van der Waals surface area contributed by atoms with E-state index in [9.17, 15) is 9.59 Å². The SMILES string of the molecule is O=C(O)c1ncccc1NC(=O)C1Cc2ccccc2C1. The highest BCUT2D eigenvalue weighted by molar-refractivity contribution is 6.00. The maximum atomic E-state index is 12.3. The van der Waals surface area contributed by atoms with Crippen molar-refractivity contribution < 1.29 is 14.7 Å². The van der Waals surface area contributed by atoms with Crippen LogP contribution in [0.1, 0.15) is 21.6 Å². The summed E-state index contributed by atoms with van der Waals surface area (Å²) in [6.07, 6.45) is 2.76. The van der Waals surface area contributed by atoms with Gasteiger partial charge < -0.3 is 10.4 Å². The molecule has 1 aromatic heterocycles. The summed E-state index contributed by atoms with van der Waals surface area (Å²) in [6, 6.07) is 11.1. The van der Waals surface area contributed by atoms with Crippen molar-refractivity contribution in [2.45, 2.75) is 12.8 Å². The number of carboxylic acid groups (broad SMARTS) is 1. The first kappa shape index (κ1) is 13.3. The largest absolute Gasteiger partial charge is 0.476 e. The first-order chi connectivity index (χ1) is 10.1. The van der Waals surface area contributed by atoms with Crippen LogP contribution in [0.25, 0.3) is 0 Å². The Balaban J connectivity index is 1.76. The molecular formula is C16H14N2O3. The molecule has 5 heteroatoms. The Kier molecular flexibility index (Phi) is 3.39. The normalized spacial score (nSPS) is 13.7. The third-order valence-electron chi connectivity index (χ3n) is 3.69. The number of pyridine rings is 1. The standard InChI is InChI=1S/C16H14N2O3/c19-15(12-8-10-4-1-2-5-11(10)9-12)18-13-6-3-7-17-14(13)16(20)21/h1-7,12H,8-9H2,(H,18,19)(H,20,21). The molecule has 3 rings (SSSR count). The maximum Gasteiger partial charge on any atom is 0.356 e. The number of nitrogens with zero attached hydrogens (tertiary/aromatic N) is 1. The van der Waals surface area contributed by atoms with Crippen LogP contribution in [0.5, 0.6) is 0 Å². The lowest BCUT2D eigenvalue weighted by atomic mass is 10.1. The van der Waals surface area contributed by atoms with Crippen LogP contribution in [-0.4, -0.2) is 22.0 Å². The fourth-order valence-electron chi connectivity index (χ4n) is 2.66. The monoisotopic (exact) mass is 282 g/mol. The number of rotatable bonds is 3. The average Bonchev–Trinajstić information content (AvgIpc) is 2.91. The summed E-state index contributed by atoms with van der Waals surface area (Å²) in [4.78, 5) is 27.2. The van der Waals surface area contributed by atoms with Crippen molar-refractivity contribution in [3.63, 3.8) is 0 Å². The molecule has 0 saturated carbocycles. The molecule has 21 heavy (non-hydrogen) atoms. The van der Waals surface area contributed by atoms with Crippen LogP contribution in [0.2, 0.25) is 0 Å². The second kappa shape index (κ2) is 5.36. The number of aromatic nitrogens is 1. The molecule has 1 aromatic carbocycles. The number of aromatic carboxylic acids is 1. The summed E-state index contributed by atoms with van der Waals surface area (Å²) in [5, 5.41) is 11.8. The topological polar surface area (TPSA) is 79.3 Å². The molecule has 0 aliphatic heterocycles. The quantitative estimate of drug-likeness (QED) is 0.904. The Bertz CT molecular complexity index is 687. The molecule has 0 atom stereocenters. The smallest absolute Gasteiger partial charge is 0.356 e. The van der Waals surface area contributed by atoms with Gasteiger partial charge in [0.2, 0.25) is 5.91 Å². The van der Waals surface area contributed by atoms with Gasteiger partial charge in [0.15, 0.2) is 5.69 Å². The van der Waals surface area contributed by atoms with Crippen molar-refractivity contribution in [3.05, 3.63) is 59.4 Å². The number of carboxylic acids is 1. The summed E-state index contributed by atoms with van der Waals surface area (Å²) in [5.74, 6) is -1.48. The van der Waals surface area contributed by atoms with Crippen molar-refractivity contribution in [1.29, 1.82) is 0 Å². The summed E-state index contributed by atoms with van der Waals surface area (Å²) >= 11 is 0. The summed E-state index contributed by atoms with van der Waals surface area (Å²) < 4.78 is 0. The second-order valence-corrected chi connectivity index (χ2v) is 5.07. The van der Waals surface area contributed by atoms with Crippen LogP contribution in [0.15, 0.2) is 42.6 Å². The predicted octanol–water partition coefficient (Wildman–Crippen LogP) is 2.13. The van der Waals surface area contributed by atoms with Gasteiger partial charge >= 0.3 is 5.97 Å². The molecule has 1 aliphatic rings. The molecule has 2 aromatic rings. The van der Waals surface area contributed by atoms with Gasteiger partial charge in [-0.15, -0.1) is 0 Å². The molecular weight excluding hydrogens is 268 g/mol. The number of hydrogen-bond donors (Lipinski definition) is 2. The number of anilines is 1. The highest BCUT2D eigenvalue weighted by atomic mass is 16.4. The fraction of sp³-hybridized carbons (Fsp3) is 0.188. The molecule has 2 N–H and O–H groups in total. The molecule has 5 nitrogen and oxygen atoms in total. The van der Waals surface area contributed by atoms with Gasteiger partial charge in [-0.2, -0.15) is 0 Å². The van der Waals surface area contributed by atoms with E-state index in [0.29, 0.717) is 12.8 Å². The van der Waals surface area contributed by atoms with Crippen LogP contribution in [0.4, 0.5) is 5.69 Å². The molecule has 106 valence electrons. The molecule has 0 bridgehead atoms. The average molecular weight is 282 g/mol. The number of nitrogens with one attached hydrogen (secondary N) is 1. The van der Waals surface area contributed by atoms with Crippen molar-refractivity contribution in [2.75, 3.05) is 5.32 Å². The van der Waals surface area contributed by atoms with Gasteiger partial charge in [0.25, 0.3) is 0 Å². The zero-order chi connectivity index (χ0) is 14.8. The van der Waals surface area contributed by atoms with Gasteiger partial charge in [0.1, 0.15) is 0 Å². The zero-order valence-corrected chi connectivity index (χ0v) is 11.2. The van der Waals surface area contributed by atoms with E-state index in [1.807, 2.05) is 24.3 Å². The number of benzene rings is 1.